The van der Waals surface area contributed by atoms with Gasteiger partial charge in [-0.15, -0.1) is 15.3 Å². The molecule has 4 rings (SSSR count). The van der Waals surface area contributed by atoms with Crippen LogP contribution in [-0.2, 0) is 0 Å². The van der Waals surface area contributed by atoms with E-state index in [0.29, 0.717) is 22.6 Å². The van der Waals surface area contributed by atoms with E-state index >= 15 is 0 Å². The lowest BCUT2D eigenvalue weighted by atomic mass is 10.0. The monoisotopic (exact) mass is 433 g/mol. The van der Waals surface area contributed by atoms with Crippen LogP contribution in [0, 0.1) is 0 Å². The fraction of sp³-hybridized carbons (Fsp3) is 0.150. The summed E-state index contributed by atoms with van der Waals surface area (Å²) in [5.41, 5.74) is 1.65. The van der Waals surface area contributed by atoms with Crippen molar-refractivity contribution < 1.29 is 27.0 Å². The number of benzene rings is 2. The molecule has 31 heavy (non-hydrogen) atoms. The standard InChI is InChI=1S/C20H15F4N5O2/c1-30-13-5-2-11(3-6-13)14-10-12(4-7-15(14)31-20(23)24)25-16-8-9-17-26-27-19(18(21)22)29(17)28-16/h2-10,18,20H,1H3,(H,25,28). The number of halogens is 4. The largest absolute Gasteiger partial charge is 0.497 e. The zero-order valence-electron chi connectivity index (χ0n) is 16.0. The quantitative estimate of drug-likeness (QED) is 0.410. The van der Waals surface area contributed by atoms with Gasteiger partial charge >= 0.3 is 6.61 Å². The second-order valence-corrected chi connectivity index (χ2v) is 6.29. The van der Waals surface area contributed by atoms with Gasteiger partial charge < -0.3 is 14.8 Å². The molecular formula is C20H15F4N5O2. The van der Waals surface area contributed by atoms with Gasteiger partial charge in [0.15, 0.2) is 11.5 Å². The number of fused-ring (bicyclic) bond motifs is 1. The molecule has 2 aromatic carbocycles. The number of alkyl halides is 4. The van der Waals surface area contributed by atoms with Crippen molar-refractivity contribution in [2.75, 3.05) is 12.4 Å². The summed E-state index contributed by atoms with van der Waals surface area (Å²) in [5.74, 6) is 0.235. The molecule has 4 aromatic rings. The van der Waals surface area contributed by atoms with Crippen LogP contribution in [0.2, 0.25) is 0 Å². The lowest BCUT2D eigenvalue weighted by Crippen LogP contribution is -2.05. The van der Waals surface area contributed by atoms with Gasteiger partial charge in [-0.25, -0.2) is 8.78 Å². The topological polar surface area (TPSA) is 73.6 Å². The maximum absolute atomic E-state index is 13.1. The third-order valence-electron chi connectivity index (χ3n) is 4.35. The van der Waals surface area contributed by atoms with E-state index in [9.17, 15) is 17.6 Å². The molecule has 0 bridgehead atoms. The van der Waals surface area contributed by atoms with Crippen LogP contribution in [0.4, 0.5) is 29.1 Å². The normalized spacial score (nSPS) is 11.3. The number of rotatable bonds is 7. The van der Waals surface area contributed by atoms with E-state index in [2.05, 4.69) is 25.3 Å². The highest BCUT2D eigenvalue weighted by Gasteiger charge is 2.17. The first-order chi connectivity index (χ1) is 14.9. The van der Waals surface area contributed by atoms with E-state index in [1.807, 2.05) is 0 Å². The van der Waals surface area contributed by atoms with Crippen molar-refractivity contribution in [1.82, 2.24) is 19.8 Å². The van der Waals surface area contributed by atoms with Gasteiger partial charge in [0.05, 0.1) is 7.11 Å². The number of hydrogen-bond donors (Lipinski definition) is 1. The van der Waals surface area contributed by atoms with Crippen LogP contribution in [0.15, 0.2) is 54.6 Å². The van der Waals surface area contributed by atoms with Gasteiger partial charge in [-0.2, -0.15) is 13.3 Å². The number of nitrogens with one attached hydrogen (secondary N) is 1. The predicted molar refractivity (Wildman–Crippen MR) is 104 cm³/mol. The molecular weight excluding hydrogens is 418 g/mol. The van der Waals surface area contributed by atoms with Crippen molar-refractivity contribution in [2.24, 2.45) is 0 Å². The van der Waals surface area contributed by atoms with Crippen molar-refractivity contribution in [3.63, 3.8) is 0 Å². The van der Waals surface area contributed by atoms with Crippen LogP contribution in [0.1, 0.15) is 12.2 Å². The third kappa shape index (κ3) is 4.34. The second-order valence-electron chi connectivity index (χ2n) is 6.29. The Balaban J connectivity index is 1.70. The minimum absolute atomic E-state index is 0.0204. The van der Waals surface area contributed by atoms with E-state index in [4.69, 9.17) is 4.74 Å². The zero-order chi connectivity index (χ0) is 22.0. The number of hydrogen-bond acceptors (Lipinski definition) is 6. The molecule has 0 spiro atoms. The van der Waals surface area contributed by atoms with Crippen molar-refractivity contribution >= 4 is 17.2 Å². The number of nitrogens with zero attached hydrogens (tertiary/aromatic N) is 4. The first kappa shape index (κ1) is 20.4. The lowest BCUT2D eigenvalue weighted by Gasteiger charge is -2.14. The maximum atomic E-state index is 13.1. The summed E-state index contributed by atoms with van der Waals surface area (Å²) in [6.45, 7) is -3.00. The van der Waals surface area contributed by atoms with Gasteiger partial charge in [-0.1, -0.05) is 12.1 Å². The Morgan fingerprint density at radius 1 is 0.935 bits per heavy atom. The molecule has 11 heteroatoms. The summed E-state index contributed by atoms with van der Waals surface area (Å²) in [6.07, 6.45) is -2.84. The number of anilines is 2. The minimum atomic E-state index is -3.00. The van der Waals surface area contributed by atoms with Crippen LogP contribution in [0.3, 0.4) is 0 Å². The Hall–Kier alpha value is -3.89. The lowest BCUT2D eigenvalue weighted by molar-refractivity contribution is -0.0494. The molecule has 2 aromatic heterocycles. The smallest absolute Gasteiger partial charge is 0.387 e. The van der Waals surface area contributed by atoms with Crippen molar-refractivity contribution in [3.8, 4) is 22.6 Å². The fourth-order valence-electron chi connectivity index (χ4n) is 2.96. The number of ether oxygens (including phenoxy) is 2. The number of aromatic nitrogens is 4. The van der Waals surface area contributed by atoms with Crippen molar-refractivity contribution in [3.05, 3.63) is 60.4 Å². The summed E-state index contributed by atoms with van der Waals surface area (Å²) in [6, 6.07) is 14.3. The van der Waals surface area contributed by atoms with Gasteiger partial charge in [-0.05, 0) is 48.0 Å². The van der Waals surface area contributed by atoms with Crippen LogP contribution in [0.25, 0.3) is 16.8 Å². The summed E-state index contributed by atoms with van der Waals surface area (Å²) in [7, 11) is 1.52. The van der Waals surface area contributed by atoms with Crippen LogP contribution < -0.4 is 14.8 Å². The minimum Gasteiger partial charge on any atom is -0.497 e. The molecule has 0 atom stereocenters. The summed E-state index contributed by atoms with van der Waals surface area (Å²) in [5, 5.41) is 14.1. The van der Waals surface area contributed by atoms with Gasteiger partial charge in [0.1, 0.15) is 11.5 Å². The van der Waals surface area contributed by atoms with Crippen LogP contribution in [0.5, 0.6) is 11.5 Å². The van der Waals surface area contributed by atoms with E-state index in [0.717, 1.165) is 4.52 Å². The maximum Gasteiger partial charge on any atom is 0.387 e. The molecule has 0 unspecified atom stereocenters. The Kier molecular flexibility index (Phi) is 5.56. The van der Waals surface area contributed by atoms with E-state index < -0.39 is 18.9 Å². The molecule has 7 nitrogen and oxygen atoms in total. The molecule has 160 valence electrons. The molecule has 0 amide bonds. The first-order valence-corrected chi connectivity index (χ1v) is 8.95. The molecule has 0 saturated heterocycles. The first-order valence-electron chi connectivity index (χ1n) is 8.95. The average Bonchev–Trinajstić information content (AvgIpc) is 3.18. The van der Waals surface area contributed by atoms with Crippen molar-refractivity contribution in [2.45, 2.75) is 13.0 Å². The molecule has 0 saturated carbocycles. The van der Waals surface area contributed by atoms with Crippen LogP contribution >= 0.6 is 0 Å². The molecule has 0 aliphatic carbocycles. The van der Waals surface area contributed by atoms with Gasteiger partial charge in [0.2, 0.25) is 5.82 Å². The van der Waals surface area contributed by atoms with Gasteiger partial charge in [0.25, 0.3) is 6.43 Å². The highest BCUT2D eigenvalue weighted by atomic mass is 19.3. The highest BCUT2D eigenvalue weighted by Crippen LogP contribution is 2.35. The highest BCUT2D eigenvalue weighted by molar-refractivity contribution is 5.76. The van der Waals surface area contributed by atoms with Crippen LogP contribution in [-0.4, -0.2) is 33.5 Å². The predicted octanol–water partition coefficient (Wildman–Crippen LogP) is 5.08. The summed E-state index contributed by atoms with van der Waals surface area (Å²) in [4.78, 5) is 0. The van der Waals surface area contributed by atoms with E-state index in [-0.39, 0.29) is 17.2 Å². The van der Waals surface area contributed by atoms with E-state index in [1.165, 1.54) is 31.4 Å². The summed E-state index contributed by atoms with van der Waals surface area (Å²) < 4.78 is 62.5. The molecule has 0 radical (unpaired) electrons. The van der Waals surface area contributed by atoms with Gasteiger partial charge in [0, 0.05) is 11.3 Å². The molecule has 0 fully saturated rings. The molecule has 2 heterocycles. The Morgan fingerprint density at radius 3 is 2.39 bits per heavy atom. The molecule has 0 aliphatic heterocycles. The average molecular weight is 433 g/mol. The third-order valence-corrected chi connectivity index (χ3v) is 4.35. The Bertz CT molecular complexity index is 1200. The SMILES string of the molecule is COc1ccc(-c2cc(Nc3ccc4nnc(C(F)F)n4n3)ccc2OC(F)F)cc1. The molecule has 0 aliphatic rings. The molecule has 1 N–H and O–H groups in total. The summed E-state index contributed by atoms with van der Waals surface area (Å²) >= 11 is 0. The zero-order valence-corrected chi connectivity index (χ0v) is 16.0. The Labute approximate surface area is 173 Å². The number of methoxy groups -OCH3 is 1. The Morgan fingerprint density at radius 2 is 1.71 bits per heavy atom. The van der Waals surface area contributed by atoms with Gasteiger partial charge in [-0.3, -0.25) is 0 Å². The second kappa shape index (κ2) is 8.46. The van der Waals surface area contributed by atoms with Crippen molar-refractivity contribution in [1.29, 1.82) is 0 Å². The van der Waals surface area contributed by atoms with E-state index in [1.54, 1.807) is 30.3 Å². The fourth-order valence-corrected chi connectivity index (χ4v) is 2.96.